The Hall–Kier alpha value is -2.05. The van der Waals surface area contributed by atoms with E-state index in [9.17, 15) is 13.5 Å². The van der Waals surface area contributed by atoms with Gasteiger partial charge in [-0.3, -0.25) is 4.31 Å². The molecule has 3 rings (SSSR count). The number of hydrogen-bond donors (Lipinski definition) is 1. The van der Waals surface area contributed by atoms with Gasteiger partial charge in [-0.1, -0.05) is 52.7 Å². The number of fused-ring (bicyclic) bond motifs is 1. The highest BCUT2D eigenvalue weighted by Crippen LogP contribution is 2.38. The summed E-state index contributed by atoms with van der Waals surface area (Å²) in [5, 5.41) is 10.0. The third-order valence-corrected chi connectivity index (χ3v) is 8.83. The topological polar surface area (TPSA) is 66.8 Å². The van der Waals surface area contributed by atoms with Crippen molar-refractivity contribution in [2.75, 3.05) is 10.9 Å². The van der Waals surface area contributed by atoms with E-state index in [2.05, 4.69) is 26.8 Å². The van der Waals surface area contributed by atoms with Gasteiger partial charge in [0.25, 0.3) is 10.0 Å². The monoisotopic (exact) mass is 487 g/mol. The molecule has 1 unspecified atom stereocenters. The number of rotatable bonds is 12. The maximum absolute atomic E-state index is 13.9. The van der Waals surface area contributed by atoms with Gasteiger partial charge in [-0.25, -0.2) is 8.42 Å². The lowest BCUT2D eigenvalue weighted by molar-refractivity contribution is 0.218. The molecule has 1 heterocycles. The van der Waals surface area contributed by atoms with Gasteiger partial charge in [-0.15, -0.1) is 0 Å². The quantitative estimate of drug-likeness (QED) is 0.384. The molecule has 2 aromatic carbocycles. The van der Waals surface area contributed by atoms with Crippen molar-refractivity contribution >= 4 is 15.7 Å². The van der Waals surface area contributed by atoms with Crippen molar-refractivity contribution in [2.24, 2.45) is 5.92 Å². The molecule has 0 amide bonds. The van der Waals surface area contributed by atoms with E-state index in [1.54, 1.807) is 22.5 Å². The van der Waals surface area contributed by atoms with Crippen molar-refractivity contribution in [1.29, 1.82) is 0 Å². The predicted octanol–water partition coefficient (Wildman–Crippen LogP) is 6.26. The Kier molecular flexibility index (Phi) is 9.43. The molecule has 1 aliphatic heterocycles. The van der Waals surface area contributed by atoms with Gasteiger partial charge < -0.3 is 9.84 Å². The molecule has 5 nitrogen and oxygen atoms in total. The number of aliphatic hydroxyl groups excluding tert-OH is 1. The molecule has 0 aliphatic carbocycles. The zero-order valence-corrected chi connectivity index (χ0v) is 22.0. The van der Waals surface area contributed by atoms with Crippen LogP contribution in [0.15, 0.2) is 41.3 Å². The van der Waals surface area contributed by atoms with E-state index in [1.807, 2.05) is 19.1 Å². The van der Waals surface area contributed by atoms with Crippen molar-refractivity contribution in [3.8, 4) is 5.75 Å². The van der Waals surface area contributed by atoms with Gasteiger partial charge in [0.05, 0.1) is 23.8 Å². The summed E-state index contributed by atoms with van der Waals surface area (Å²) in [6.45, 7) is 8.81. The third kappa shape index (κ3) is 5.77. The Morgan fingerprint density at radius 3 is 2.41 bits per heavy atom. The number of aryl methyl sites for hydroxylation is 2. The van der Waals surface area contributed by atoms with Gasteiger partial charge >= 0.3 is 0 Å². The third-order valence-electron chi connectivity index (χ3n) is 6.97. The minimum absolute atomic E-state index is 0.0812. The zero-order valence-electron chi connectivity index (χ0n) is 21.2. The van der Waals surface area contributed by atoms with Gasteiger partial charge in [0, 0.05) is 11.6 Å². The summed E-state index contributed by atoms with van der Waals surface area (Å²) in [6.07, 6.45) is 7.78. The molecule has 1 N–H and O–H groups in total. The molecular formula is C28H41NO4S. The van der Waals surface area contributed by atoms with E-state index in [4.69, 9.17) is 4.74 Å². The number of ether oxygens (including phenoxy) is 1. The van der Waals surface area contributed by atoms with Crippen LogP contribution < -0.4 is 9.04 Å². The SMILES string of the molecule is CCCC(CCC)COc1ccc(S(=O)(=O)N2c3ccc(CC)cc3CCC2CC)cc1CO. The fourth-order valence-electron chi connectivity index (χ4n) is 5.04. The number of aliphatic hydroxyl groups is 1. The number of anilines is 1. The lowest BCUT2D eigenvalue weighted by Gasteiger charge is -2.37. The molecule has 34 heavy (non-hydrogen) atoms. The highest BCUT2D eigenvalue weighted by atomic mass is 32.2. The molecule has 0 saturated carbocycles. The molecule has 0 spiro atoms. The fraction of sp³-hybridized carbons (Fsp3) is 0.571. The summed E-state index contributed by atoms with van der Waals surface area (Å²) in [5.41, 5.74) is 3.61. The summed E-state index contributed by atoms with van der Waals surface area (Å²) in [4.78, 5) is 0.202. The van der Waals surface area contributed by atoms with Gasteiger partial charge in [-0.2, -0.15) is 0 Å². The van der Waals surface area contributed by atoms with Crippen LogP contribution >= 0.6 is 0 Å². The van der Waals surface area contributed by atoms with Crippen LogP contribution in [0.1, 0.15) is 82.9 Å². The van der Waals surface area contributed by atoms with Crippen LogP contribution in [0.2, 0.25) is 0 Å². The van der Waals surface area contributed by atoms with E-state index in [-0.39, 0.29) is 17.5 Å². The lowest BCUT2D eigenvalue weighted by atomic mass is 9.94. The van der Waals surface area contributed by atoms with Crippen LogP contribution in [0.5, 0.6) is 5.75 Å². The summed E-state index contributed by atoms with van der Waals surface area (Å²) in [6, 6.07) is 11.0. The minimum atomic E-state index is -3.79. The molecule has 0 saturated heterocycles. The second kappa shape index (κ2) is 12.1. The Balaban J connectivity index is 1.93. The lowest BCUT2D eigenvalue weighted by Crippen LogP contribution is -2.43. The molecule has 2 aromatic rings. The highest BCUT2D eigenvalue weighted by molar-refractivity contribution is 7.92. The Bertz CT molecular complexity index is 1040. The van der Waals surface area contributed by atoms with E-state index >= 15 is 0 Å². The standard InChI is InChI=1S/C28H41NO4S/c1-5-9-22(10-6-2)20-33-28-16-14-26(18-24(28)19-30)34(31,32)29-25(8-4)13-12-23-17-21(7-3)11-15-27(23)29/h11,14-18,22,25,30H,5-10,12-13,19-20H2,1-4H3. The first kappa shape index (κ1) is 26.6. The van der Waals surface area contributed by atoms with Gasteiger partial charge in [0.15, 0.2) is 0 Å². The molecule has 188 valence electrons. The van der Waals surface area contributed by atoms with Crippen molar-refractivity contribution < 1.29 is 18.3 Å². The van der Waals surface area contributed by atoms with Crippen LogP contribution in [0, 0.1) is 5.92 Å². The largest absolute Gasteiger partial charge is 0.493 e. The Morgan fingerprint density at radius 1 is 1.06 bits per heavy atom. The minimum Gasteiger partial charge on any atom is -0.493 e. The van der Waals surface area contributed by atoms with Crippen LogP contribution in [0.4, 0.5) is 5.69 Å². The van der Waals surface area contributed by atoms with Crippen LogP contribution in [0.25, 0.3) is 0 Å². The first-order valence-electron chi connectivity index (χ1n) is 12.9. The maximum atomic E-state index is 13.9. The summed E-state index contributed by atoms with van der Waals surface area (Å²) in [7, 11) is -3.79. The smallest absolute Gasteiger partial charge is 0.264 e. The molecule has 0 radical (unpaired) electrons. The Labute approximate surface area is 206 Å². The normalized spacial score (nSPS) is 16.1. The second-order valence-electron chi connectivity index (χ2n) is 9.40. The molecule has 6 heteroatoms. The van der Waals surface area contributed by atoms with Crippen molar-refractivity contribution in [3.63, 3.8) is 0 Å². The first-order valence-corrected chi connectivity index (χ1v) is 14.4. The predicted molar refractivity (Wildman–Crippen MR) is 139 cm³/mol. The summed E-state index contributed by atoms with van der Waals surface area (Å²) >= 11 is 0. The molecule has 1 aliphatic rings. The van der Waals surface area contributed by atoms with Gasteiger partial charge in [0.1, 0.15) is 5.75 Å². The fourth-order valence-corrected chi connectivity index (χ4v) is 6.88. The summed E-state index contributed by atoms with van der Waals surface area (Å²) < 4.78 is 35.5. The van der Waals surface area contributed by atoms with Crippen molar-refractivity contribution in [2.45, 2.75) is 96.6 Å². The van der Waals surface area contributed by atoms with E-state index < -0.39 is 10.0 Å². The first-order chi connectivity index (χ1) is 16.4. The van der Waals surface area contributed by atoms with Gasteiger partial charge in [-0.05, 0) is 79.8 Å². The summed E-state index contributed by atoms with van der Waals surface area (Å²) in [5.74, 6) is 1.03. The van der Waals surface area contributed by atoms with Gasteiger partial charge in [0.2, 0.25) is 0 Å². The van der Waals surface area contributed by atoms with E-state index in [0.717, 1.165) is 62.6 Å². The number of hydrogen-bond acceptors (Lipinski definition) is 4. The average molecular weight is 488 g/mol. The molecular weight excluding hydrogens is 446 g/mol. The number of sulfonamides is 1. The zero-order chi connectivity index (χ0) is 24.7. The highest BCUT2D eigenvalue weighted by Gasteiger charge is 2.35. The molecule has 0 bridgehead atoms. The molecule has 0 fully saturated rings. The molecule has 1 atom stereocenters. The van der Waals surface area contributed by atoms with E-state index in [0.29, 0.717) is 23.8 Å². The number of benzene rings is 2. The van der Waals surface area contributed by atoms with E-state index in [1.165, 1.54) is 5.56 Å². The van der Waals surface area contributed by atoms with Crippen LogP contribution in [-0.4, -0.2) is 26.2 Å². The molecule has 0 aromatic heterocycles. The second-order valence-corrected chi connectivity index (χ2v) is 11.2. The van der Waals surface area contributed by atoms with Crippen LogP contribution in [0.3, 0.4) is 0 Å². The maximum Gasteiger partial charge on any atom is 0.264 e. The van der Waals surface area contributed by atoms with Crippen molar-refractivity contribution in [1.82, 2.24) is 0 Å². The Morgan fingerprint density at radius 2 is 1.79 bits per heavy atom. The van der Waals surface area contributed by atoms with Crippen molar-refractivity contribution in [3.05, 3.63) is 53.1 Å². The van der Waals surface area contributed by atoms with Crippen LogP contribution in [-0.2, 0) is 29.5 Å². The number of nitrogens with zero attached hydrogens (tertiary/aromatic N) is 1. The average Bonchev–Trinajstić information content (AvgIpc) is 2.86.